The number of carboxylic acid groups (broad SMARTS) is 1. The number of rotatable bonds is 1. The van der Waals surface area contributed by atoms with E-state index in [-0.39, 0.29) is 6.42 Å². The van der Waals surface area contributed by atoms with Crippen molar-refractivity contribution in [1.29, 1.82) is 0 Å². The smallest absolute Gasteiger partial charge is 0.307 e. The zero-order chi connectivity index (χ0) is 11.1. The maximum Gasteiger partial charge on any atom is 0.307 e. The molecule has 2 aliphatic rings. The molecule has 2 fully saturated rings. The topological polar surface area (TPSA) is 71.4 Å². The highest BCUT2D eigenvalue weighted by atomic mass is 16.4. The lowest BCUT2D eigenvalue weighted by Crippen LogP contribution is -2.39. The summed E-state index contributed by atoms with van der Waals surface area (Å²) in [6, 6.07) is 0. The third-order valence-electron chi connectivity index (χ3n) is 3.81. The van der Waals surface area contributed by atoms with Crippen molar-refractivity contribution in [2.24, 2.45) is 11.3 Å². The molecule has 15 heavy (non-hydrogen) atoms. The van der Waals surface area contributed by atoms with Crippen LogP contribution in [0.4, 0.5) is 0 Å². The molecule has 2 aliphatic carbocycles. The van der Waals surface area contributed by atoms with Crippen molar-refractivity contribution < 1.29 is 19.5 Å². The predicted molar refractivity (Wildman–Crippen MR) is 51.3 cm³/mol. The molecule has 4 heteroatoms. The normalized spacial score (nSPS) is 29.7. The van der Waals surface area contributed by atoms with Gasteiger partial charge in [0.15, 0.2) is 5.78 Å². The van der Waals surface area contributed by atoms with Crippen molar-refractivity contribution >= 4 is 17.5 Å². The van der Waals surface area contributed by atoms with Gasteiger partial charge in [-0.05, 0) is 12.8 Å². The predicted octanol–water partition coefficient (Wildman–Crippen LogP) is 1.18. The molecule has 0 aromatic rings. The van der Waals surface area contributed by atoms with Crippen molar-refractivity contribution in [1.82, 2.24) is 0 Å². The third kappa shape index (κ3) is 1.39. The van der Waals surface area contributed by atoms with Crippen LogP contribution in [-0.4, -0.2) is 22.6 Å². The van der Waals surface area contributed by atoms with E-state index in [1.165, 1.54) is 0 Å². The largest absolute Gasteiger partial charge is 0.481 e. The van der Waals surface area contributed by atoms with E-state index in [4.69, 9.17) is 5.11 Å². The Morgan fingerprint density at radius 1 is 1.20 bits per heavy atom. The highest BCUT2D eigenvalue weighted by Gasteiger charge is 2.57. The molecule has 2 saturated carbocycles. The van der Waals surface area contributed by atoms with Crippen LogP contribution < -0.4 is 0 Å². The van der Waals surface area contributed by atoms with E-state index in [0.29, 0.717) is 12.8 Å². The van der Waals surface area contributed by atoms with Crippen LogP contribution in [0.15, 0.2) is 0 Å². The molecule has 4 nitrogen and oxygen atoms in total. The molecule has 0 amide bonds. The molecule has 0 unspecified atom stereocenters. The average molecular weight is 210 g/mol. The Balaban J connectivity index is 2.35. The Hall–Kier alpha value is -1.19. The zero-order valence-corrected chi connectivity index (χ0v) is 8.49. The summed E-state index contributed by atoms with van der Waals surface area (Å²) in [4.78, 5) is 34.2. The van der Waals surface area contributed by atoms with E-state index >= 15 is 0 Å². The van der Waals surface area contributed by atoms with Crippen LogP contribution in [0.25, 0.3) is 0 Å². The van der Waals surface area contributed by atoms with Gasteiger partial charge in [-0.25, -0.2) is 0 Å². The van der Waals surface area contributed by atoms with Crippen LogP contribution >= 0.6 is 0 Å². The Labute approximate surface area is 87.7 Å². The SMILES string of the molecule is O=C1C[C@@H](C(=O)O)C2(CCCCC2)C1=O. The maximum atomic E-state index is 11.8. The fourth-order valence-electron chi connectivity index (χ4n) is 2.99. The number of Topliss-reactive ketones (excluding diaryl/α,β-unsaturated/α-hetero) is 2. The maximum absolute atomic E-state index is 11.8. The molecule has 0 aliphatic heterocycles. The molecule has 2 rings (SSSR count). The minimum atomic E-state index is -0.990. The summed E-state index contributed by atoms with van der Waals surface area (Å²) >= 11 is 0. The van der Waals surface area contributed by atoms with Gasteiger partial charge in [-0.2, -0.15) is 0 Å². The van der Waals surface area contributed by atoms with Crippen molar-refractivity contribution in [2.45, 2.75) is 38.5 Å². The number of hydrogen-bond acceptors (Lipinski definition) is 3. The van der Waals surface area contributed by atoms with Gasteiger partial charge in [-0.3, -0.25) is 14.4 Å². The molecular formula is C11H14O4. The first-order chi connectivity index (χ1) is 7.08. The minimum absolute atomic E-state index is 0.0891. The van der Waals surface area contributed by atoms with E-state index in [2.05, 4.69) is 0 Å². The quantitative estimate of drug-likeness (QED) is 0.659. The van der Waals surface area contributed by atoms with Crippen molar-refractivity contribution in [3.8, 4) is 0 Å². The first-order valence-electron chi connectivity index (χ1n) is 5.38. The van der Waals surface area contributed by atoms with Crippen molar-refractivity contribution in [3.05, 3.63) is 0 Å². The lowest BCUT2D eigenvalue weighted by molar-refractivity contribution is -0.150. The molecular weight excluding hydrogens is 196 g/mol. The number of carbonyl (C=O) groups excluding carboxylic acids is 2. The van der Waals surface area contributed by atoms with Crippen molar-refractivity contribution in [2.75, 3.05) is 0 Å². The molecule has 0 saturated heterocycles. The fraction of sp³-hybridized carbons (Fsp3) is 0.727. The lowest BCUT2D eigenvalue weighted by atomic mass is 9.67. The van der Waals surface area contributed by atoms with Gasteiger partial charge in [-0.1, -0.05) is 19.3 Å². The van der Waals surface area contributed by atoms with Gasteiger partial charge >= 0.3 is 5.97 Å². The first-order valence-corrected chi connectivity index (χ1v) is 5.38. The number of hydrogen-bond donors (Lipinski definition) is 1. The summed E-state index contributed by atoms with van der Waals surface area (Å²) in [5.41, 5.74) is -0.846. The first kappa shape index (κ1) is 10.3. The number of aliphatic carboxylic acids is 1. The van der Waals surface area contributed by atoms with Crippen molar-refractivity contribution in [3.63, 3.8) is 0 Å². The second-order valence-corrected chi connectivity index (χ2v) is 4.56. The highest BCUT2D eigenvalue weighted by molar-refractivity contribution is 6.42. The summed E-state index contributed by atoms with van der Waals surface area (Å²) in [5.74, 6) is -2.66. The van der Waals surface area contributed by atoms with Gasteiger partial charge in [0.1, 0.15) is 0 Å². The van der Waals surface area contributed by atoms with Crippen LogP contribution in [0.2, 0.25) is 0 Å². The van der Waals surface area contributed by atoms with E-state index < -0.39 is 28.9 Å². The summed E-state index contributed by atoms with van der Waals surface area (Å²) in [6.45, 7) is 0. The monoisotopic (exact) mass is 210 g/mol. The van der Waals surface area contributed by atoms with Gasteiger partial charge in [0.05, 0.1) is 11.3 Å². The number of carboxylic acids is 1. The standard InChI is InChI=1S/C11H14O4/c12-8-6-7(10(14)15)11(9(8)13)4-2-1-3-5-11/h7H,1-6H2,(H,14,15)/t7-/m0/s1. The molecule has 1 spiro atoms. The molecule has 0 aromatic carbocycles. The fourth-order valence-corrected chi connectivity index (χ4v) is 2.99. The summed E-state index contributed by atoms with van der Waals surface area (Å²) in [7, 11) is 0. The Morgan fingerprint density at radius 2 is 1.80 bits per heavy atom. The van der Waals surface area contributed by atoms with Crippen LogP contribution in [0.5, 0.6) is 0 Å². The molecule has 0 aromatic heterocycles. The van der Waals surface area contributed by atoms with Crippen LogP contribution in [0, 0.1) is 11.3 Å². The average Bonchev–Trinajstić information content (AvgIpc) is 2.45. The highest BCUT2D eigenvalue weighted by Crippen LogP contribution is 2.49. The van der Waals surface area contributed by atoms with Crippen LogP contribution in [0.1, 0.15) is 38.5 Å². The molecule has 0 bridgehead atoms. The molecule has 0 radical (unpaired) electrons. The molecule has 0 heterocycles. The van der Waals surface area contributed by atoms with E-state index in [9.17, 15) is 14.4 Å². The summed E-state index contributed by atoms with van der Waals surface area (Å²) < 4.78 is 0. The Bertz CT molecular complexity index is 325. The molecule has 1 N–H and O–H groups in total. The second-order valence-electron chi connectivity index (χ2n) is 4.56. The van der Waals surface area contributed by atoms with Gasteiger partial charge < -0.3 is 5.11 Å². The minimum Gasteiger partial charge on any atom is -0.481 e. The summed E-state index contributed by atoms with van der Waals surface area (Å²) in [6.07, 6.45) is 3.83. The number of ketones is 2. The van der Waals surface area contributed by atoms with E-state index in [1.54, 1.807) is 0 Å². The summed E-state index contributed by atoms with van der Waals surface area (Å²) in [5, 5.41) is 9.06. The molecule has 82 valence electrons. The van der Waals surface area contributed by atoms with Gasteiger partial charge in [0.25, 0.3) is 0 Å². The van der Waals surface area contributed by atoms with E-state index in [1.807, 2.05) is 0 Å². The van der Waals surface area contributed by atoms with Crippen LogP contribution in [0.3, 0.4) is 0 Å². The lowest BCUT2D eigenvalue weighted by Gasteiger charge is -2.34. The third-order valence-corrected chi connectivity index (χ3v) is 3.81. The van der Waals surface area contributed by atoms with Gasteiger partial charge in [-0.15, -0.1) is 0 Å². The Kier molecular flexibility index (Phi) is 2.37. The van der Waals surface area contributed by atoms with E-state index in [0.717, 1.165) is 19.3 Å². The van der Waals surface area contributed by atoms with Gasteiger partial charge in [0.2, 0.25) is 5.78 Å². The molecule has 1 atom stereocenters. The van der Waals surface area contributed by atoms with Gasteiger partial charge in [0, 0.05) is 6.42 Å². The second kappa shape index (κ2) is 3.43. The zero-order valence-electron chi connectivity index (χ0n) is 8.49. The Morgan fingerprint density at radius 3 is 2.33 bits per heavy atom. The van der Waals surface area contributed by atoms with Crippen LogP contribution in [-0.2, 0) is 14.4 Å². The number of carbonyl (C=O) groups is 3.